The number of fused-ring (bicyclic) bond motifs is 1. The highest BCUT2D eigenvalue weighted by Gasteiger charge is 2.06. The first-order valence-corrected chi connectivity index (χ1v) is 4.14. The minimum absolute atomic E-state index is 1.06. The van der Waals surface area contributed by atoms with Crippen LogP contribution in [-0.2, 0) is 0 Å². The van der Waals surface area contributed by atoms with Crippen LogP contribution in [0.1, 0.15) is 31.5 Å². The van der Waals surface area contributed by atoms with Crippen LogP contribution in [0.4, 0.5) is 0 Å². The van der Waals surface area contributed by atoms with Gasteiger partial charge in [-0.3, -0.25) is 5.10 Å². The Hall–Kier alpha value is -1.31. The number of allylic oxidation sites excluding steroid dienone is 2. The molecule has 0 spiro atoms. The van der Waals surface area contributed by atoms with Crippen molar-refractivity contribution in [1.29, 1.82) is 0 Å². The van der Waals surface area contributed by atoms with Crippen LogP contribution in [0.2, 0.25) is 0 Å². The summed E-state index contributed by atoms with van der Waals surface area (Å²) in [5.74, 6) is 0. The van der Waals surface area contributed by atoms with E-state index in [9.17, 15) is 0 Å². The molecule has 1 N–H and O–H groups in total. The van der Waals surface area contributed by atoms with Gasteiger partial charge >= 0.3 is 0 Å². The van der Waals surface area contributed by atoms with Crippen molar-refractivity contribution in [2.24, 2.45) is 0 Å². The van der Waals surface area contributed by atoms with Crippen molar-refractivity contribution >= 4 is 12.2 Å². The van der Waals surface area contributed by atoms with Crippen LogP contribution in [0.15, 0.2) is 17.3 Å². The van der Waals surface area contributed by atoms with Gasteiger partial charge in [0.2, 0.25) is 0 Å². The zero-order chi connectivity index (χ0) is 8.55. The number of rotatable bonds is 0. The molecule has 1 aromatic rings. The zero-order valence-corrected chi connectivity index (χ0v) is 7.39. The third-order valence-corrected chi connectivity index (χ3v) is 2.04. The normalized spacial score (nSPS) is 16.2. The van der Waals surface area contributed by atoms with E-state index in [4.69, 9.17) is 0 Å². The minimum atomic E-state index is 1.06. The van der Waals surface area contributed by atoms with E-state index < -0.39 is 0 Å². The Labute approximate surface area is 72.0 Å². The highest BCUT2D eigenvalue weighted by atomic mass is 15.1. The quantitative estimate of drug-likeness (QED) is 0.621. The van der Waals surface area contributed by atoms with E-state index in [1.165, 1.54) is 16.7 Å². The Morgan fingerprint density at radius 1 is 1.25 bits per heavy atom. The van der Waals surface area contributed by atoms with E-state index in [-0.39, 0.29) is 0 Å². The predicted octanol–water partition coefficient (Wildman–Crippen LogP) is 2.62. The Balaban J connectivity index is 2.56. The van der Waals surface area contributed by atoms with Crippen LogP contribution >= 0.6 is 0 Å². The van der Waals surface area contributed by atoms with E-state index in [1.807, 2.05) is 6.20 Å². The molecule has 0 radical (unpaired) electrons. The fraction of sp³-hybridized carbons (Fsp3) is 0.300. The van der Waals surface area contributed by atoms with Crippen LogP contribution in [0, 0.1) is 0 Å². The van der Waals surface area contributed by atoms with Crippen molar-refractivity contribution in [3.8, 4) is 0 Å². The molecule has 0 atom stereocenters. The molecule has 1 aliphatic rings. The molecule has 0 bridgehead atoms. The van der Waals surface area contributed by atoms with Crippen LogP contribution in [0.25, 0.3) is 12.2 Å². The molecule has 1 aliphatic carbocycles. The average molecular weight is 160 g/mol. The maximum absolute atomic E-state index is 4.16. The summed E-state index contributed by atoms with van der Waals surface area (Å²) in [6.45, 7) is 4.29. The molecule has 2 nitrogen and oxygen atoms in total. The number of aromatic nitrogens is 2. The second-order valence-corrected chi connectivity index (χ2v) is 3.38. The summed E-state index contributed by atoms with van der Waals surface area (Å²) in [5.41, 5.74) is 5.02. The van der Waals surface area contributed by atoms with Gasteiger partial charge in [-0.15, -0.1) is 0 Å². The molecular weight excluding hydrogens is 148 g/mol. The first-order chi connectivity index (χ1) is 5.75. The molecule has 1 aromatic heterocycles. The Morgan fingerprint density at radius 3 is 2.83 bits per heavy atom. The molecule has 0 unspecified atom stereocenters. The van der Waals surface area contributed by atoms with Gasteiger partial charge in [-0.1, -0.05) is 17.2 Å². The number of H-pyrrole nitrogens is 1. The lowest BCUT2D eigenvalue weighted by Crippen LogP contribution is -1.77. The van der Waals surface area contributed by atoms with Gasteiger partial charge in [-0.2, -0.15) is 5.10 Å². The number of nitrogens with one attached hydrogen (secondary N) is 1. The molecule has 12 heavy (non-hydrogen) atoms. The molecule has 0 amide bonds. The molecule has 0 saturated heterocycles. The van der Waals surface area contributed by atoms with Gasteiger partial charge in [0.05, 0.1) is 5.69 Å². The lowest BCUT2D eigenvalue weighted by Gasteiger charge is -1.96. The summed E-state index contributed by atoms with van der Waals surface area (Å²) in [5, 5.41) is 7.03. The third kappa shape index (κ3) is 1.20. The Bertz CT molecular complexity index is 323. The van der Waals surface area contributed by atoms with Crippen molar-refractivity contribution in [2.45, 2.75) is 20.3 Å². The van der Waals surface area contributed by atoms with E-state index in [0.29, 0.717) is 0 Å². The fourth-order valence-electron chi connectivity index (χ4n) is 1.58. The molecule has 0 saturated carbocycles. The average Bonchev–Trinajstić information content (AvgIpc) is 2.31. The molecule has 0 aromatic carbocycles. The standard InChI is InChI=1S/C10H12N2/c1-7-3-8(2)5-10-9(4-7)6-11-12-10/h4-6H,3H2,1-2H3,(H,11,12). The largest absolute Gasteiger partial charge is 0.285 e. The molecule has 0 fully saturated rings. The van der Waals surface area contributed by atoms with Gasteiger partial charge in [-0.05, 0) is 26.3 Å². The minimum Gasteiger partial charge on any atom is -0.285 e. The number of hydrogen-bond acceptors (Lipinski definition) is 1. The third-order valence-electron chi connectivity index (χ3n) is 2.04. The lowest BCUT2D eigenvalue weighted by atomic mass is 10.1. The van der Waals surface area contributed by atoms with Crippen LogP contribution in [-0.4, -0.2) is 10.2 Å². The van der Waals surface area contributed by atoms with Gasteiger partial charge in [0.25, 0.3) is 0 Å². The van der Waals surface area contributed by atoms with Crippen molar-refractivity contribution in [2.75, 3.05) is 0 Å². The fourth-order valence-corrected chi connectivity index (χ4v) is 1.58. The van der Waals surface area contributed by atoms with Gasteiger partial charge in [0.1, 0.15) is 0 Å². The topological polar surface area (TPSA) is 28.7 Å². The van der Waals surface area contributed by atoms with Crippen LogP contribution < -0.4 is 0 Å². The van der Waals surface area contributed by atoms with Crippen molar-refractivity contribution in [3.05, 3.63) is 28.6 Å². The Morgan fingerprint density at radius 2 is 2.00 bits per heavy atom. The molecule has 62 valence electrons. The molecule has 1 heterocycles. The smallest absolute Gasteiger partial charge is 0.0920 e. The summed E-state index contributed by atoms with van der Waals surface area (Å²) in [6.07, 6.45) is 7.33. The van der Waals surface area contributed by atoms with E-state index in [0.717, 1.165) is 12.1 Å². The van der Waals surface area contributed by atoms with Crippen molar-refractivity contribution < 1.29 is 0 Å². The van der Waals surface area contributed by atoms with Gasteiger partial charge < -0.3 is 0 Å². The van der Waals surface area contributed by atoms with Crippen LogP contribution in [0.5, 0.6) is 0 Å². The molecular formula is C10H12N2. The summed E-state index contributed by atoms with van der Waals surface area (Å²) in [6, 6.07) is 0. The molecule has 2 rings (SSSR count). The first kappa shape index (κ1) is 7.35. The highest BCUT2D eigenvalue weighted by molar-refractivity contribution is 5.67. The first-order valence-electron chi connectivity index (χ1n) is 4.14. The highest BCUT2D eigenvalue weighted by Crippen LogP contribution is 2.22. The van der Waals surface area contributed by atoms with Gasteiger partial charge in [0, 0.05) is 11.8 Å². The number of aromatic amines is 1. The van der Waals surface area contributed by atoms with Crippen molar-refractivity contribution in [1.82, 2.24) is 10.2 Å². The second-order valence-electron chi connectivity index (χ2n) is 3.38. The predicted molar refractivity (Wildman–Crippen MR) is 50.5 cm³/mol. The zero-order valence-electron chi connectivity index (χ0n) is 7.39. The maximum atomic E-state index is 4.16. The van der Waals surface area contributed by atoms with Crippen molar-refractivity contribution in [3.63, 3.8) is 0 Å². The lowest BCUT2D eigenvalue weighted by molar-refractivity contribution is 1.07. The monoisotopic (exact) mass is 160 g/mol. The summed E-state index contributed by atoms with van der Waals surface area (Å²) >= 11 is 0. The second kappa shape index (κ2) is 2.63. The number of nitrogens with zero attached hydrogens (tertiary/aromatic N) is 1. The summed E-state index contributed by atoms with van der Waals surface area (Å²) in [7, 11) is 0. The molecule has 0 aliphatic heterocycles. The molecule has 2 heteroatoms. The summed E-state index contributed by atoms with van der Waals surface area (Å²) in [4.78, 5) is 0. The Kier molecular flexibility index (Phi) is 1.61. The number of hydrogen-bond donors (Lipinski definition) is 1. The maximum Gasteiger partial charge on any atom is 0.0920 e. The summed E-state index contributed by atoms with van der Waals surface area (Å²) < 4.78 is 0. The van der Waals surface area contributed by atoms with E-state index >= 15 is 0 Å². The van der Waals surface area contributed by atoms with E-state index in [1.54, 1.807) is 0 Å². The van der Waals surface area contributed by atoms with Gasteiger partial charge in [-0.25, -0.2) is 0 Å². The van der Waals surface area contributed by atoms with Crippen LogP contribution in [0.3, 0.4) is 0 Å². The van der Waals surface area contributed by atoms with Gasteiger partial charge in [0.15, 0.2) is 0 Å². The van der Waals surface area contributed by atoms with E-state index in [2.05, 4.69) is 36.2 Å². The SMILES string of the molecule is CC1=Cc2c[nH]nc2C=C(C)C1.